The lowest BCUT2D eigenvalue weighted by molar-refractivity contribution is -0.150. The molecule has 1 aliphatic carbocycles. The lowest BCUT2D eigenvalue weighted by atomic mass is 10.1. The van der Waals surface area contributed by atoms with Gasteiger partial charge in [-0.1, -0.05) is 0 Å². The molecule has 1 aromatic rings. The molecule has 0 aromatic carbocycles. The number of nitrogens with zero attached hydrogens (tertiary/aromatic N) is 1. The van der Waals surface area contributed by atoms with E-state index in [1.807, 2.05) is 19.1 Å². The van der Waals surface area contributed by atoms with E-state index in [2.05, 4.69) is 15.9 Å². The smallest absolute Gasteiger partial charge is 0.326 e. The van der Waals surface area contributed by atoms with Crippen molar-refractivity contribution in [2.24, 2.45) is 0 Å². The van der Waals surface area contributed by atoms with E-state index < -0.39 is 12.0 Å². The highest BCUT2D eigenvalue weighted by atomic mass is 79.9. The van der Waals surface area contributed by atoms with Gasteiger partial charge in [-0.2, -0.15) is 0 Å². The van der Waals surface area contributed by atoms with Crippen LogP contribution in [0.4, 0.5) is 0 Å². The van der Waals surface area contributed by atoms with E-state index in [9.17, 15) is 9.59 Å². The van der Waals surface area contributed by atoms with Gasteiger partial charge < -0.3 is 10.0 Å². The number of amides is 1. The van der Waals surface area contributed by atoms with Crippen LogP contribution < -0.4 is 0 Å². The Balaban J connectivity index is 2.17. The van der Waals surface area contributed by atoms with Gasteiger partial charge in [0.25, 0.3) is 0 Å². The summed E-state index contributed by atoms with van der Waals surface area (Å²) in [5.74, 6) is -1.33. The molecule has 4 nitrogen and oxygen atoms in total. The van der Waals surface area contributed by atoms with Crippen LogP contribution in [-0.2, 0) is 9.59 Å². The molecule has 2 atom stereocenters. The fourth-order valence-corrected chi connectivity index (χ4v) is 3.53. The third-order valence-electron chi connectivity index (χ3n) is 3.36. The second-order valence-electron chi connectivity index (χ2n) is 4.85. The maximum atomic E-state index is 12.5. The lowest BCUT2D eigenvalue weighted by Crippen LogP contribution is -2.46. The standard InChI is InChI=1S/C13H16BrNO3S/c1-7(10-5-6-11(14)19-10)12(16)15(9-3-4-9)8(2)13(17)18/h5-9H,3-4H2,1-2H3,(H,17,18). The Hall–Kier alpha value is -0.880. The van der Waals surface area contributed by atoms with E-state index in [-0.39, 0.29) is 17.9 Å². The number of carboxylic acid groups (broad SMARTS) is 1. The molecule has 1 aliphatic rings. The van der Waals surface area contributed by atoms with Gasteiger partial charge in [0.15, 0.2) is 0 Å². The Morgan fingerprint density at radius 1 is 1.42 bits per heavy atom. The van der Waals surface area contributed by atoms with Gasteiger partial charge in [0, 0.05) is 10.9 Å². The van der Waals surface area contributed by atoms with Crippen molar-refractivity contribution in [3.8, 4) is 0 Å². The van der Waals surface area contributed by atoms with Gasteiger partial charge in [-0.15, -0.1) is 11.3 Å². The number of carbonyl (C=O) groups excluding carboxylic acids is 1. The molecule has 1 saturated carbocycles. The summed E-state index contributed by atoms with van der Waals surface area (Å²) in [6.07, 6.45) is 1.81. The highest BCUT2D eigenvalue weighted by molar-refractivity contribution is 9.11. The van der Waals surface area contributed by atoms with Crippen molar-refractivity contribution in [3.05, 3.63) is 20.8 Å². The van der Waals surface area contributed by atoms with Gasteiger partial charge >= 0.3 is 5.97 Å². The van der Waals surface area contributed by atoms with Crippen LogP contribution in [0.25, 0.3) is 0 Å². The van der Waals surface area contributed by atoms with E-state index in [4.69, 9.17) is 5.11 Å². The maximum absolute atomic E-state index is 12.5. The normalized spacial score (nSPS) is 17.8. The highest BCUT2D eigenvalue weighted by Gasteiger charge is 2.40. The van der Waals surface area contributed by atoms with Gasteiger partial charge in [-0.3, -0.25) is 4.79 Å². The van der Waals surface area contributed by atoms with Crippen LogP contribution in [0.5, 0.6) is 0 Å². The molecule has 1 amide bonds. The number of carbonyl (C=O) groups is 2. The molecule has 0 saturated heterocycles. The fraction of sp³-hybridized carbons (Fsp3) is 0.538. The van der Waals surface area contributed by atoms with E-state index in [1.165, 1.54) is 11.3 Å². The Morgan fingerprint density at radius 2 is 2.05 bits per heavy atom. The summed E-state index contributed by atoms with van der Waals surface area (Å²) in [5.41, 5.74) is 0. The van der Waals surface area contributed by atoms with Crippen molar-refractivity contribution in [1.29, 1.82) is 0 Å². The summed E-state index contributed by atoms with van der Waals surface area (Å²) >= 11 is 4.90. The molecular weight excluding hydrogens is 330 g/mol. The average Bonchev–Trinajstić information content (AvgIpc) is 3.09. The molecule has 1 heterocycles. The Bertz CT molecular complexity index is 498. The zero-order chi connectivity index (χ0) is 14.2. The van der Waals surface area contributed by atoms with Crippen molar-refractivity contribution in [2.45, 2.75) is 44.7 Å². The number of aliphatic carboxylic acids is 1. The molecule has 1 aromatic heterocycles. The number of carboxylic acids is 1. The zero-order valence-electron chi connectivity index (χ0n) is 10.8. The van der Waals surface area contributed by atoms with Crippen LogP contribution in [0.1, 0.15) is 37.5 Å². The van der Waals surface area contributed by atoms with Crippen LogP contribution in [0.15, 0.2) is 15.9 Å². The van der Waals surface area contributed by atoms with Crippen LogP contribution in [-0.4, -0.2) is 34.0 Å². The lowest BCUT2D eigenvalue weighted by Gasteiger charge is -2.28. The van der Waals surface area contributed by atoms with Crippen molar-refractivity contribution in [2.75, 3.05) is 0 Å². The molecule has 0 aliphatic heterocycles. The quantitative estimate of drug-likeness (QED) is 0.891. The Morgan fingerprint density at radius 3 is 2.47 bits per heavy atom. The van der Waals surface area contributed by atoms with E-state index in [1.54, 1.807) is 11.8 Å². The molecule has 6 heteroatoms. The van der Waals surface area contributed by atoms with Crippen molar-refractivity contribution < 1.29 is 14.7 Å². The highest BCUT2D eigenvalue weighted by Crippen LogP contribution is 2.34. The predicted octanol–water partition coefficient (Wildman–Crippen LogP) is 3.08. The minimum absolute atomic E-state index is 0.0910. The zero-order valence-corrected chi connectivity index (χ0v) is 13.2. The molecule has 0 spiro atoms. The summed E-state index contributed by atoms with van der Waals surface area (Å²) < 4.78 is 0.978. The number of hydrogen-bond donors (Lipinski definition) is 1. The summed E-state index contributed by atoms with van der Waals surface area (Å²) in [5, 5.41) is 9.14. The maximum Gasteiger partial charge on any atom is 0.326 e. The number of rotatable bonds is 5. The second-order valence-corrected chi connectivity index (χ2v) is 7.35. The first-order valence-corrected chi connectivity index (χ1v) is 7.83. The SMILES string of the molecule is CC(C(=O)N(C1CC1)C(C)C(=O)O)c1ccc(Br)s1. The molecule has 1 N–H and O–H groups in total. The predicted molar refractivity (Wildman–Crippen MR) is 77.4 cm³/mol. The fourth-order valence-electron chi connectivity index (χ4n) is 2.07. The van der Waals surface area contributed by atoms with Gasteiger partial charge in [-0.25, -0.2) is 4.79 Å². The molecular formula is C13H16BrNO3S. The monoisotopic (exact) mass is 345 g/mol. The number of thiophene rings is 1. The first-order valence-electron chi connectivity index (χ1n) is 6.22. The summed E-state index contributed by atoms with van der Waals surface area (Å²) in [4.78, 5) is 26.2. The minimum atomic E-state index is -0.945. The van der Waals surface area contributed by atoms with E-state index in [0.717, 1.165) is 21.5 Å². The van der Waals surface area contributed by atoms with Crippen LogP contribution >= 0.6 is 27.3 Å². The second kappa shape index (κ2) is 5.63. The summed E-state index contributed by atoms with van der Waals surface area (Å²) in [6.45, 7) is 3.42. The van der Waals surface area contributed by atoms with Crippen molar-refractivity contribution in [1.82, 2.24) is 4.90 Å². The molecule has 1 fully saturated rings. The summed E-state index contributed by atoms with van der Waals surface area (Å²) in [6, 6.07) is 3.16. The molecule has 0 radical (unpaired) electrons. The number of halogens is 1. The molecule has 19 heavy (non-hydrogen) atoms. The van der Waals surface area contributed by atoms with Gasteiger partial charge in [-0.05, 0) is 54.8 Å². The minimum Gasteiger partial charge on any atom is -0.480 e. The van der Waals surface area contributed by atoms with Gasteiger partial charge in [0.2, 0.25) is 5.91 Å². The Kier molecular flexibility index (Phi) is 4.30. The Labute approximate surface area is 124 Å². The third kappa shape index (κ3) is 3.17. The van der Waals surface area contributed by atoms with Crippen LogP contribution in [0.2, 0.25) is 0 Å². The van der Waals surface area contributed by atoms with Crippen LogP contribution in [0.3, 0.4) is 0 Å². The first kappa shape index (κ1) is 14.5. The van der Waals surface area contributed by atoms with Crippen LogP contribution in [0, 0.1) is 0 Å². The van der Waals surface area contributed by atoms with E-state index in [0.29, 0.717) is 0 Å². The van der Waals surface area contributed by atoms with Crippen molar-refractivity contribution in [3.63, 3.8) is 0 Å². The third-order valence-corrected chi connectivity index (χ3v) is 5.17. The molecule has 2 unspecified atom stereocenters. The van der Waals surface area contributed by atoms with E-state index >= 15 is 0 Å². The first-order chi connectivity index (χ1) is 8.91. The van der Waals surface area contributed by atoms with Gasteiger partial charge in [0.05, 0.1) is 9.70 Å². The molecule has 104 valence electrons. The average molecular weight is 346 g/mol. The van der Waals surface area contributed by atoms with Crippen molar-refractivity contribution >= 4 is 39.1 Å². The largest absolute Gasteiger partial charge is 0.480 e. The number of hydrogen-bond acceptors (Lipinski definition) is 3. The van der Waals surface area contributed by atoms with Gasteiger partial charge in [0.1, 0.15) is 6.04 Å². The summed E-state index contributed by atoms with van der Waals surface area (Å²) in [7, 11) is 0. The topological polar surface area (TPSA) is 57.6 Å². The molecule has 2 rings (SSSR count). The molecule has 0 bridgehead atoms.